The SMILES string of the molecule is Cc1cc(NC(C)C(=O)Nc2cccc([N+](=O)[O-])c2)ccc1Br. The molecule has 2 aromatic carbocycles. The molecule has 0 bridgehead atoms. The van der Waals surface area contributed by atoms with E-state index in [2.05, 4.69) is 26.6 Å². The van der Waals surface area contributed by atoms with Gasteiger partial charge in [-0.05, 0) is 43.7 Å². The molecular weight excluding hydrogens is 362 g/mol. The van der Waals surface area contributed by atoms with Gasteiger partial charge in [0.2, 0.25) is 5.91 Å². The number of aryl methyl sites for hydroxylation is 1. The van der Waals surface area contributed by atoms with Crippen molar-refractivity contribution < 1.29 is 9.72 Å². The molecule has 23 heavy (non-hydrogen) atoms. The van der Waals surface area contributed by atoms with Gasteiger partial charge in [0.1, 0.15) is 6.04 Å². The number of rotatable bonds is 5. The lowest BCUT2D eigenvalue weighted by Crippen LogP contribution is -2.31. The predicted octanol–water partition coefficient (Wildman–Crippen LogP) is 4.10. The number of nitro benzene ring substituents is 1. The van der Waals surface area contributed by atoms with Crippen LogP contribution in [0.25, 0.3) is 0 Å². The third-order valence-corrected chi connectivity index (χ3v) is 4.15. The number of anilines is 2. The fraction of sp³-hybridized carbons (Fsp3) is 0.188. The van der Waals surface area contributed by atoms with Crippen LogP contribution in [0.1, 0.15) is 12.5 Å². The minimum atomic E-state index is -0.498. The highest BCUT2D eigenvalue weighted by Crippen LogP contribution is 2.21. The van der Waals surface area contributed by atoms with Crippen LogP contribution >= 0.6 is 15.9 Å². The van der Waals surface area contributed by atoms with Gasteiger partial charge in [0, 0.05) is 28.0 Å². The van der Waals surface area contributed by atoms with Crippen LogP contribution in [0.3, 0.4) is 0 Å². The average molecular weight is 378 g/mol. The fourth-order valence-corrected chi connectivity index (χ4v) is 2.24. The zero-order chi connectivity index (χ0) is 17.0. The summed E-state index contributed by atoms with van der Waals surface area (Å²) in [6.45, 7) is 3.69. The Labute approximate surface area is 142 Å². The van der Waals surface area contributed by atoms with E-state index in [0.717, 1.165) is 15.7 Å². The molecule has 0 heterocycles. The number of amides is 1. The Bertz CT molecular complexity index is 749. The number of non-ortho nitro benzene ring substituents is 1. The summed E-state index contributed by atoms with van der Waals surface area (Å²) in [6, 6.07) is 11.1. The van der Waals surface area contributed by atoms with Gasteiger partial charge in [-0.25, -0.2) is 0 Å². The van der Waals surface area contributed by atoms with Crippen molar-refractivity contribution in [3.8, 4) is 0 Å². The zero-order valence-electron chi connectivity index (χ0n) is 12.7. The lowest BCUT2D eigenvalue weighted by Gasteiger charge is -2.16. The van der Waals surface area contributed by atoms with Gasteiger partial charge in [0.15, 0.2) is 0 Å². The average Bonchev–Trinajstić information content (AvgIpc) is 2.51. The second kappa shape index (κ2) is 7.23. The molecule has 2 rings (SSSR count). The minimum absolute atomic E-state index is 0.0630. The molecule has 120 valence electrons. The second-order valence-electron chi connectivity index (χ2n) is 5.13. The number of nitrogens with one attached hydrogen (secondary N) is 2. The Balaban J connectivity index is 2.03. The molecule has 0 aliphatic rings. The monoisotopic (exact) mass is 377 g/mol. The van der Waals surface area contributed by atoms with Crippen molar-refractivity contribution in [2.75, 3.05) is 10.6 Å². The number of nitro groups is 1. The fourth-order valence-electron chi connectivity index (χ4n) is 2.00. The van der Waals surface area contributed by atoms with E-state index >= 15 is 0 Å². The maximum Gasteiger partial charge on any atom is 0.271 e. The van der Waals surface area contributed by atoms with Crippen LogP contribution in [0.15, 0.2) is 46.9 Å². The Hall–Kier alpha value is -2.41. The summed E-state index contributed by atoms with van der Waals surface area (Å²) in [5, 5.41) is 16.5. The van der Waals surface area contributed by atoms with Gasteiger partial charge in [-0.3, -0.25) is 14.9 Å². The lowest BCUT2D eigenvalue weighted by atomic mass is 10.2. The molecule has 2 aromatic rings. The molecule has 0 saturated heterocycles. The maximum absolute atomic E-state index is 12.2. The van der Waals surface area contributed by atoms with Crippen molar-refractivity contribution in [1.29, 1.82) is 0 Å². The number of carbonyl (C=O) groups is 1. The third-order valence-electron chi connectivity index (χ3n) is 3.26. The first-order valence-corrected chi connectivity index (χ1v) is 7.74. The number of benzene rings is 2. The summed E-state index contributed by atoms with van der Waals surface area (Å²) >= 11 is 3.43. The van der Waals surface area contributed by atoms with Crippen molar-refractivity contribution in [1.82, 2.24) is 0 Å². The van der Waals surface area contributed by atoms with Crippen LogP contribution in [0.5, 0.6) is 0 Å². The number of hydrogen-bond donors (Lipinski definition) is 2. The second-order valence-corrected chi connectivity index (χ2v) is 5.98. The van der Waals surface area contributed by atoms with Crippen molar-refractivity contribution in [2.45, 2.75) is 19.9 Å². The molecule has 0 saturated carbocycles. The van der Waals surface area contributed by atoms with Crippen LogP contribution in [-0.4, -0.2) is 16.9 Å². The first kappa shape index (κ1) is 17.0. The molecule has 0 spiro atoms. The molecule has 6 nitrogen and oxygen atoms in total. The Morgan fingerprint density at radius 1 is 1.22 bits per heavy atom. The molecule has 1 amide bonds. The summed E-state index contributed by atoms with van der Waals surface area (Å²) in [6.07, 6.45) is 0. The van der Waals surface area contributed by atoms with E-state index < -0.39 is 11.0 Å². The van der Waals surface area contributed by atoms with Gasteiger partial charge < -0.3 is 10.6 Å². The summed E-state index contributed by atoms with van der Waals surface area (Å²) < 4.78 is 0.997. The van der Waals surface area contributed by atoms with Gasteiger partial charge in [-0.2, -0.15) is 0 Å². The molecule has 0 aliphatic carbocycles. The van der Waals surface area contributed by atoms with Crippen molar-refractivity contribution >= 4 is 38.9 Å². The van der Waals surface area contributed by atoms with E-state index in [1.54, 1.807) is 13.0 Å². The molecule has 0 radical (unpaired) electrons. The van der Waals surface area contributed by atoms with Gasteiger partial charge in [0.05, 0.1) is 4.92 Å². The summed E-state index contributed by atoms with van der Waals surface area (Å²) in [5.74, 6) is -0.272. The predicted molar refractivity (Wildman–Crippen MR) is 93.7 cm³/mol. The molecule has 0 fully saturated rings. The van der Waals surface area contributed by atoms with Crippen LogP contribution in [-0.2, 0) is 4.79 Å². The Kier molecular flexibility index (Phi) is 5.33. The standard InChI is InChI=1S/C16H16BrN3O3/c1-10-8-13(6-7-15(10)17)18-11(2)16(21)19-12-4-3-5-14(9-12)20(22)23/h3-9,11,18H,1-2H3,(H,19,21). The number of halogens is 1. The minimum Gasteiger partial charge on any atom is -0.374 e. The number of nitrogens with zero attached hydrogens (tertiary/aromatic N) is 1. The molecule has 0 aromatic heterocycles. The molecule has 1 unspecified atom stereocenters. The highest BCUT2D eigenvalue weighted by atomic mass is 79.9. The largest absolute Gasteiger partial charge is 0.374 e. The summed E-state index contributed by atoms with van der Waals surface area (Å²) in [4.78, 5) is 22.4. The van der Waals surface area contributed by atoms with Gasteiger partial charge in [0.25, 0.3) is 5.69 Å². The van der Waals surface area contributed by atoms with Crippen LogP contribution in [0.2, 0.25) is 0 Å². The van der Waals surface area contributed by atoms with E-state index in [9.17, 15) is 14.9 Å². The maximum atomic E-state index is 12.2. The topological polar surface area (TPSA) is 84.3 Å². The molecule has 0 aliphatic heterocycles. The quantitative estimate of drug-likeness (QED) is 0.606. The molecule has 7 heteroatoms. The van der Waals surface area contributed by atoms with Crippen LogP contribution in [0, 0.1) is 17.0 Å². The number of carbonyl (C=O) groups excluding carboxylic acids is 1. The van der Waals surface area contributed by atoms with E-state index in [1.165, 1.54) is 18.2 Å². The first-order valence-electron chi connectivity index (χ1n) is 6.95. The van der Waals surface area contributed by atoms with Gasteiger partial charge in [-0.1, -0.05) is 22.0 Å². The van der Waals surface area contributed by atoms with Crippen molar-refractivity contribution in [3.63, 3.8) is 0 Å². The normalized spacial score (nSPS) is 11.6. The molecule has 1 atom stereocenters. The zero-order valence-corrected chi connectivity index (χ0v) is 14.3. The van der Waals surface area contributed by atoms with Crippen molar-refractivity contribution in [2.24, 2.45) is 0 Å². The highest BCUT2D eigenvalue weighted by molar-refractivity contribution is 9.10. The Morgan fingerprint density at radius 3 is 2.61 bits per heavy atom. The molecule has 2 N–H and O–H groups in total. The van der Waals surface area contributed by atoms with Gasteiger partial charge >= 0.3 is 0 Å². The summed E-state index contributed by atoms with van der Waals surface area (Å²) in [5.41, 5.74) is 2.21. The molecular formula is C16H16BrN3O3. The van der Waals surface area contributed by atoms with Crippen LogP contribution in [0.4, 0.5) is 17.1 Å². The first-order chi connectivity index (χ1) is 10.9. The van der Waals surface area contributed by atoms with Gasteiger partial charge in [-0.15, -0.1) is 0 Å². The van der Waals surface area contributed by atoms with Crippen molar-refractivity contribution in [3.05, 3.63) is 62.6 Å². The van der Waals surface area contributed by atoms with E-state index in [-0.39, 0.29) is 11.6 Å². The third kappa shape index (κ3) is 4.53. The van der Waals surface area contributed by atoms with E-state index in [4.69, 9.17) is 0 Å². The van der Waals surface area contributed by atoms with E-state index in [0.29, 0.717) is 5.69 Å². The Morgan fingerprint density at radius 2 is 1.96 bits per heavy atom. The smallest absolute Gasteiger partial charge is 0.271 e. The van der Waals surface area contributed by atoms with E-state index in [1.807, 2.05) is 25.1 Å². The summed E-state index contributed by atoms with van der Waals surface area (Å²) in [7, 11) is 0. The highest BCUT2D eigenvalue weighted by Gasteiger charge is 2.14. The lowest BCUT2D eigenvalue weighted by molar-refractivity contribution is -0.384. The van der Waals surface area contributed by atoms with Crippen LogP contribution < -0.4 is 10.6 Å². The number of hydrogen-bond acceptors (Lipinski definition) is 4.